The van der Waals surface area contributed by atoms with Gasteiger partial charge < -0.3 is 10.2 Å². The first-order chi connectivity index (χ1) is 11.7. The third-order valence-electron chi connectivity index (χ3n) is 4.01. The average molecular weight is 337 g/mol. The van der Waals surface area contributed by atoms with Crippen LogP contribution >= 0.6 is 0 Å². The smallest absolute Gasteiger partial charge is 0.328 e. The number of rotatable bonds is 16. The van der Waals surface area contributed by atoms with Gasteiger partial charge in [0.05, 0.1) is 6.10 Å². The lowest BCUT2D eigenvalue weighted by Gasteiger charge is -2.09. The average Bonchev–Trinajstić information content (AvgIpc) is 2.55. The second kappa shape index (κ2) is 18.0. The van der Waals surface area contributed by atoms with Gasteiger partial charge in [-0.05, 0) is 25.7 Å². The van der Waals surface area contributed by atoms with Gasteiger partial charge in [-0.15, -0.1) is 0 Å². The zero-order valence-electron chi connectivity index (χ0n) is 15.3. The summed E-state index contributed by atoms with van der Waals surface area (Å²) >= 11 is 0. The Morgan fingerprint density at radius 2 is 1.42 bits per heavy atom. The highest BCUT2D eigenvalue weighted by Crippen LogP contribution is 2.13. The van der Waals surface area contributed by atoms with Gasteiger partial charge in [-0.3, -0.25) is 0 Å². The number of carboxylic acid groups (broad SMARTS) is 1. The normalized spacial score (nSPS) is 13.4. The van der Waals surface area contributed by atoms with Crippen molar-refractivity contribution in [1.82, 2.24) is 0 Å². The predicted molar refractivity (Wildman–Crippen MR) is 102 cm³/mol. The molecule has 0 radical (unpaired) electrons. The maximum atomic E-state index is 10.2. The first-order valence-corrected chi connectivity index (χ1v) is 9.57. The van der Waals surface area contributed by atoms with Gasteiger partial charge in [-0.25, -0.2) is 4.79 Å². The third-order valence-corrected chi connectivity index (χ3v) is 4.01. The molecule has 1 atom stereocenters. The van der Waals surface area contributed by atoms with Crippen LogP contribution in [0.2, 0.25) is 0 Å². The lowest BCUT2D eigenvalue weighted by Crippen LogP contribution is -2.05. The maximum Gasteiger partial charge on any atom is 0.328 e. The highest BCUT2D eigenvalue weighted by atomic mass is 16.4. The standard InChI is InChI=1S/C21H36O3/c1-2-3-14-17-20(22)18-15-12-10-8-6-4-5-7-9-11-13-16-19-21(23)24/h7,9,11,13,16,19-20,22H,2-6,8,10,12,14-15,17-18H2,1H3,(H,23,24)/b9-7+,13-11+,19-16+. The molecule has 0 rings (SSSR count). The summed E-state index contributed by atoms with van der Waals surface area (Å²) in [5, 5.41) is 18.2. The van der Waals surface area contributed by atoms with Gasteiger partial charge in [0, 0.05) is 6.08 Å². The Morgan fingerprint density at radius 3 is 2.08 bits per heavy atom. The number of aliphatic carboxylic acids is 1. The molecule has 0 amide bonds. The van der Waals surface area contributed by atoms with Crippen molar-refractivity contribution in [2.45, 2.75) is 90.1 Å². The van der Waals surface area contributed by atoms with Crippen molar-refractivity contribution >= 4 is 5.97 Å². The molecule has 2 N–H and O–H groups in total. The van der Waals surface area contributed by atoms with Crippen molar-refractivity contribution in [3.63, 3.8) is 0 Å². The number of carboxylic acids is 1. The number of allylic oxidation sites excluding steroid dienone is 5. The minimum atomic E-state index is -0.922. The zero-order valence-corrected chi connectivity index (χ0v) is 15.3. The molecule has 0 saturated carbocycles. The van der Waals surface area contributed by atoms with Gasteiger partial charge in [-0.1, -0.05) is 88.7 Å². The summed E-state index contributed by atoms with van der Waals surface area (Å²) in [6, 6.07) is 0. The van der Waals surface area contributed by atoms with E-state index in [2.05, 4.69) is 13.0 Å². The monoisotopic (exact) mass is 336 g/mol. The summed E-state index contributed by atoms with van der Waals surface area (Å²) in [7, 11) is 0. The van der Waals surface area contributed by atoms with E-state index in [0.29, 0.717) is 0 Å². The van der Waals surface area contributed by atoms with Crippen LogP contribution in [0.15, 0.2) is 36.5 Å². The summed E-state index contributed by atoms with van der Waals surface area (Å²) in [6.07, 6.45) is 24.2. The van der Waals surface area contributed by atoms with Gasteiger partial charge >= 0.3 is 5.97 Å². The number of hydrogen-bond donors (Lipinski definition) is 2. The molecule has 1 unspecified atom stereocenters. The number of aliphatic hydroxyl groups excluding tert-OH is 1. The molecule has 0 aliphatic heterocycles. The maximum absolute atomic E-state index is 10.2. The largest absolute Gasteiger partial charge is 0.478 e. The van der Waals surface area contributed by atoms with E-state index in [-0.39, 0.29) is 6.10 Å². The Bertz CT molecular complexity index is 369. The Hall–Kier alpha value is -1.35. The number of carbonyl (C=O) groups is 1. The van der Waals surface area contributed by atoms with Crippen molar-refractivity contribution in [3.05, 3.63) is 36.5 Å². The van der Waals surface area contributed by atoms with E-state index in [1.807, 2.05) is 12.2 Å². The van der Waals surface area contributed by atoms with Crippen LogP contribution in [0, 0.1) is 0 Å². The molecular weight excluding hydrogens is 300 g/mol. The summed E-state index contributed by atoms with van der Waals surface area (Å²) in [6.45, 7) is 2.19. The minimum Gasteiger partial charge on any atom is -0.478 e. The van der Waals surface area contributed by atoms with E-state index >= 15 is 0 Å². The molecule has 3 heteroatoms. The molecule has 24 heavy (non-hydrogen) atoms. The van der Waals surface area contributed by atoms with Gasteiger partial charge in [0.1, 0.15) is 0 Å². The molecule has 0 aromatic carbocycles. The molecule has 0 bridgehead atoms. The van der Waals surface area contributed by atoms with Crippen LogP contribution in [0.25, 0.3) is 0 Å². The molecule has 0 aliphatic carbocycles. The number of hydrogen-bond acceptors (Lipinski definition) is 2. The Balaban J connectivity index is 3.32. The summed E-state index contributed by atoms with van der Waals surface area (Å²) in [4.78, 5) is 10.2. The summed E-state index contributed by atoms with van der Waals surface area (Å²) < 4.78 is 0. The molecule has 138 valence electrons. The Labute approximate surface area is 148 Å². The van der Waals surface area contributed by atoms with E-state index < -0.39 is 5.97 Å². The Kier molecular flexibility index (Phi) is 17.0. The van der Waals surface area contributed by atoms with Crippen LogP contribution in [0.4, 0.5) is 0 Å². The topological polar surface area (TPSA) is 57.5 Å². The fraction of sp³-hybridized carbons (Fsp3) is 0.667. The van der Waals surface area contributed by atoms with Crippen LogP contribution in [0.5, 0.6) is 0 Å². The van der Waals surface area contributed by atoms with Crippen molar-refractivity contribution in [2.24, 2.45) is 0 Å². The van der Waals surface area contributed by atoms with Crippen LogP contribution in [0.3, 0.4) is 0 Å². The van der Waals surface area contributed by atoms with Crippen LogP contribution in [-0.4, -0.2) is 22.3 Å². The predicted octanol–water partition coefficient (Wildman–Crippen LogP) is 5.80. The summed E-state index contributed by atoms with van der Waals surface area (Å²) in [5.74, 6) is -0.922. The van der Waals surface area contributed by atoms with Gasteiger partial charge in [-0.2, -0.15) is 0 Å². The van der Waals surface area contributed by atoms with Crippen LogP contribution < -0.4 is 0 Å². The van der Waals surface area contributed by atoms with E-state index in [1.165, 1.54) is 51.0 Å². The number of unbranched alkanes of at least 4 members (excludes halogenated alkanes) is 8. The molecule has 0 aliphatic rings. The SMILES string of the molecule is CCCCCC(O)CCCCCCCC/C=C/C=C/C=C/C(=O)O. The molecular formula is C21H36O3. The first-order valence-electron chi connectivity index (χ1n) is 9.57. The highest BCUT2D eigenvalue weighted by molar-refractivity contribution is 5.80. The quantitative estimate of drug-likeness (QED) is 0.213. The number of aliphatic hydroxyl groups is 1. The van der Waals surface area contributed by atoms with E-state index in [9.17, 15) is 9.90 Å². The second-order valence-corrected chi connectivity index (χ2v) is 6.36. The molecule has 0 aromatic rings. The molecule has 0 saturated heterocycles. The van der Waals surface area contributed by atoms with Crippen molar-refractivity contribution < 1.29 is 15.0 Å². The first kappa shape index (κ1) is 22.6. The highest BCUT2D eigenvalue weighted by Gasteiger charge is 2.02. The van der Waals surface area contributed by atoms with E-state index in [0.717, 1.165) is 38.2 Å². The zero-order chi connectivity index (χ0) is 17.9. The third kappa shape index (κ3) is 18.7. The molecule has 0 spiro atoms. The molecule has 0 fully saturated rings. The minimum absolute atomic E-state index is 0.0833. The van der Waals surface area contributed by atoms with E-state index in [4.69, 9.17) is 5.11 Å². The lowest BCUT2D eigenvalue weighted by molar-refractivity contribution is -0.131. The van der Waals surface area contributed by atoms with Gasteiger partial charge in [0.15, 0.2) is 0 Å². The second-order valence-electron chi connectivity index (χ2n) is 6.36. The Morgan fingerprint density at radius 1 is 0.833 bits per heavy atom. The molecule has 3 nitrogen and oxygen atoms in total. The van der Waals surface area contributed by atoms with Crippen LogP contribution in [0.1, 0.15) is 84.0 Å². The van der Waals surface area contributed by atoms with Crippen molar-refractivity contribution in [1.29, 1.82) is 0 Å². The molecule has 0 heterocycles. The van der Waals surface area contributed by atoms with Gasteiger partial charge in [0.25, 0.3) is 0 Å². The van der Waals surface area contributed by atoms with Crippen molar-refractivity contribution in [2.75, 3.05) is 0 Å². The fourth-order valence-electron chi connectivity index (χ4n) is 2.56. The van der Waals surface area contributed by atoms with Crippen molar-refractivity contribution in [3.8, 4) is 0 Å². The summed E-state index contributed by atoms with van der Waals surface area (Å²) in [5.41, 5.74) is 0. The van der Waals surface area contributed by atoms with Crippen LogP contribution in [-0.2, 0) is 4.79 Å². The fourth-order valence-corrected chi connectivity index (χ4v) is 2.56. The van der Waals surface area contributed by atoms with E-state index in [1.54, 1.807) is 6.08 Å². The van der Waals surface area contributed by atoms with Gasteiger partial charge in [0.2, 0.25) is 0 Å². The molecule has 0 aromatic heterocycles. The lowest BCUT2D eigenvalue weighted by atomic mass is 10.0.